The number of H-pyrrole nitrogens is 2. The Morgan fingerprint density at radius 1 is 0.581 bits per heavy atom. The van der Waals surface area contributed by atoms with Gasteiger partial charge in [-0.15, -0.1) is 0 Å². The maximum atomic E-state index is 4.92. The lowest BCUT2D eigenvalue weighted by atomic mass is 10.0. The molecule has 1 aromatic carbocycles. The van der Waals surface area contributed by atoms with Gasteiger partial charge >= 0.3 is 0 Å². The van der Waals surface area contributed by atoms with Crippen molar-refractivity contribution in [2.45, 2.75) is 0 Å². The van der Waals surface area contributed by atoms with Gasteiger partial charge in [0.15, 0.2) is 0 Å². The van der Waals surface area contributed by atoms with E-state index in [9.17, 15) is 0 Å². The summed E-state index contributed by atoms with van der Waals surface area (Å²) in [6.07, 6.45) is 6.19. The molecule has 0 saturated heterocycles. The van der Waals surface area contributed by atoms with Gasteiger partial charge in [-0.25, -0.2) is 9.97 Å². The van der Waals surface area contributed by atoms with E-state index < -0.39 is 0 Å². The zero-order valence-corrected chi connectivity index (χ0v) is 18.0. The Labute approximate surface area is 187 Å². The van der Waals surface area contributed by atoms with Crippen LogP contribution in [-0.4, -0.2) is 19.9 Å². The Hall–Kier alpha value is -3.70. The summed E-state index contributed by atoms with van der Waals surface area (Å²) in [5.74, 6) is 0. The fourth-order valence-electron chi connectivity index (χ4n) is 3.87. The predicted octanol–water partition coefficient (Wildman–Crippen LogP) is 6.84. The summed E-state index contributed by atoms with van der Waals surface area (Å²) >= 11 is 3.52. The molecule has 4 aromatic rings. The first kappa shape index (κ1) is 18.1. The first-order valence-corrected chi connectivity index (χ1v) is 10.8. The van der Waals surface area contributed by atoms with Crippen molar-refractivity contribution in [3.8, 4) is 0 Å². The molecule has 0 saturated carbocycles. The number of nitrogens with one attached hydrogen (secondary N) is 2. The third kappa shape index (κ3) is 3.64. The number of benzene rings is 1. The van der Waals surface area contributed by atoms with Crippen LogP contribution in [0.4, 0.5) is 0 Å². The molecule has 2 N–H and O–H groups in total. The summed E-state index contributed by atoms with van der Waals surface area (Å²) in [6.45, 7) is 0. The standard InChI is InChI=1S/C26H17BrN4/c27-17-3-1-16(2-4-17)25-14-24-13-22-8-7-20(29-22)11-18-5-6-19(28-18)12-21-9-10-23(30-21)15-26(25)31-24/h1-15,29-30H. The molecule has 4 nitrogen and oxygen atoms in total. The third-order valence-electron chi connectivity index (χ3n) is 5.32. The molecular weight excluding hydrogens is 448 g/mol. The van der Waals surface area contributed by atoms with Gasteiger partial charge in [0.05, 0.1) is 22.8 Å². The smallest absolute Gasteiger partial charge is 0.0736 e. The van der Waals surface area contributed by atoms with E-state index in [0.717, 1.165) is 60.5 Å². The zero-order chi connectivity index (χ0) is 20.8. The SMILES string of the molecule is Brc1ccc(C2=Cc3cc4ccc(cc5nc(cc6ccc(cc2n3)[nH]6)C=C5)[nH]4)cc1. The van der Waals surface area contributed by atoms with E-state index in [2.05, 4.69) is 92.6 Å². The van der Waals surface area contributed by atoms with Crippen molar-refractivity contribution in [2.24, 2.45) is 0 Å². The molecule has 0 amide bonds. The number of halogens is 1. The van der Waals surface area contributed by atoms with Crippen molar-refractivity contribution < 1.29 is 0 Å². The number of nitrogens with zero attached hydrogens (tertiary/aromatic N) is 2. The first-order valence-electron chi connectivity index (χ1n) is 10.0. The summed E-state index contributed by atoms with van der Waals surface area (Å²) in [4.78, 5) is 16.5. The summed E-state index contributed by atoms with van der Waals surface area (Å²) in [5, 5.41) is 0. The first-order chi connectivity index (χ1) is 15.2. The van der Waals surface area contributed by atoms with Crippen molar-refractivity contribution in [3.05, 3.63) is 106 Å². The number of hydrogen-bond acceptors (Lipinski definition) is 2. The van der Waals surface area contributed by atoms with E-state index in [0.29, 0.717) is 0 Å². The molecule has 5 heterocycles. The molecule has 6 rings (SSSR count). The Morgan fingerprint density at radius 2 is 1.13 bits per heavy atom. The molecular formula is C26H17BrN4. The van der Waals surface area contributed by atoms with Crippen LogP contribution in [0.5, 0.6) is 0 Å². The topological polar surface area (TPSA) is 57.4 Å². The van der Waals surface area contributed by atoms with Gasteiger partial charge in [0, 0.05) is 32.1 Å². The summed E-state index contributed by atoms with van der Waals surface area (Å²) in [6, 6.07) is 24.8. The second-order valence-corrected chi connectivity index (χ2v) is 8.51. The van der Waals surface area contributed by atoms with Crippen molar-refractivity contribution in [3.63, 3.8) is 0 Å². The minimum Gasteiger partial charge on any atom is -0.355 e. The lowest BCUT2D eigenvalue weighted by molar-refractivity contribution is 1.30. The van der Waals surface area contributed by atoms with Crippen molar-refractivity contribution in [1.82, 2.24) is 19.9 Å². The monoisotopic (exact) mass is 464 g/mol. The molecule has 31 heavy (non-hydrogen) atoms. The van der Waals surface area contributed by atoms with Crippen molar-refractivity contribution >= 4 is 61.8 Å². The van der Waals surface area contributed by atoms with Crippen molar-refractivity contribution in [2.75, 3.05) is 0 Å². The minimum atomic E-state index is 0.914. The number of hydrogen-bond donors (Lipinski definition) is 2. The van der Waals surface area contributed by atoms with Crippen LogP contribution in [0.2, 0.25) is 0 Å². The summed E-state index contributed by atoms with van der Waals surface area (Å²) < 4.78 is 1.06. The molecule has 0 radical (unpaired) electrons. The quantitative estimate of drug-likeness (QED) is 0.280. The molecule has 0 unspecified atom stereocenters. The van der Waals surface area contributed by atoms with Gasteiger partial charge in [-0.05, 0) is 84.5 Å². The van der Waals surface area contributed by atoms with Gasteiger partial charge in [-0.3, -0.25) is 0 Å². The number of rotatable bonds is 1. The largest absolute Gasteiger partial charge is 0.355 e. The van der Waals surface area contributed by atoms with Gasteiger partial charge in [0.2, 0.25) is 0 Å². The maximum Gasteiger partial charge on any atom is 0.0736 e. The molecule has 0 atom stereocenters. The summed E-state index contributed by atoms with van der Waals surface area (Å²) in [5.41, 5.74) is 9.95. The van der Waals surface area contributed by atoms with E-state index in [1.807, 2.05) is 24.3 Å². The van der Waals surface area contributed by atoms with E-state index >= 15 is 0 Å². The Morgan fingerprint density at radius 3 is 1.74 bits per heavy atom. The van der Waals surface area contributed by atoms with Crippen LogP contribution in [0, 0.1) is 0 Å². The number of fused-ring (bicyclic) bond motifs is 8. The zero-order valence-electron chi connectivity index (χ0n) is 16.4. The fraction of sp³-hybridized carbons (Fsp3) is 0. The van der Waals surface area contributed by atoms with Gasteiger partial charge < -0.3 is 9.97 Å². The van der Waals surface area contributed by atoms with Gasteiger partial charge in [0.1, 0.15) is 0 Å². The second kappa shape index (κ2) is 7.22. The minimum absolute atomic E-state index is 0.914. The Bertz CT molecular complexity index is 1540. The molecule has 2 aliphatic rings. The molecule has 0 aliphatic carbocycles. The number of aromatic nitrogens is 4. The maximum absolute atomic E-state index is 4.92. The molecule has 0 spiro atoms. The lowest BCUT2D eigenvalue weighted by Gasteiger charge is -2.02. The van der Waals surface area contributed by atoms with Crippen LogP contribution in [0.3, 0.4) is 0 Å². The molecule has 3 aromatic heterocycles. The van der Waals surface area contributed by atoms with Crippen LogP contribution < -0.4 is 0 Å². The van der Waals surface area contributed by atoms with E-state index in [1.54, 1.807) is 0 Å². The van der Waals surface area contributed by atoms with Gasteiger partial charge in [-0.2, -0.15) is 0 Å². The normalized spacial score (nSPS) is 12.7. The van der Waals surface area contributed by atoms with Gasteiger partial charge in [0.25, 0.3) is 0 Å². The highest BCUT2D eigenvalue weighted by atomic mass is 79.9. The van der Waals surface area contributed by atoms with Gasteiger partial charge in [-0.1, -0.05) is 28.1 Å². The molecule has 148 valence electrons. The highest BCUT2D eigenvalue weighted by molar-refractivity contribution is 9.10. The molecule has 0 fully saturated rings. The Balaban J connectivity index is 1.63. The average molecular weight is 465 g/mol. The van der Waals surface area contributed by atoms with Crippen LogP contribution in [-0.2, 0) is 0 Å². The highest BCUT2D eigenvalue weighted by Crippen LogP contribution is 2.29. The molecule has 2 aliphatic heterocycles. The van der Waals surface area contributed by atoms with Crippen LogP contribution in [0.1, 0.15) is 28.3 Å². The second-order valence-electron chi connectivity index (χ2n) is 7.60. The highest BCUT2D eigenvalue weighted by Gasteiger charge is 2.12. The third-order valence-corrected chi connectivity index (χ3v) is 5.85. The molecule has 5 heteroatoms. The van der Waals surface area contributed by atoms with Crippen LogP contribution in [0.15, 0.2) is 77.3 Å². The van der Waals surface area contributed by atoms with Crippen LogP contribution >= 0.6 is 15.9 Å². The van der Waals surface area contributed by atoms with Crippen molar-refractivity contribution in [1.29, 1.82) is 0 Å². The average Bonchev–Trinajstić information content (AvgIpc) is 3.54. The Kier molecular flexibility index (Phi) is 4.21. The van der Waals surface area contributed by atoms with Crippen LogP contribution in [0.25, 0.3) is 45.9 Å². The van der Waals surface area contributed by atoms with E-state index in [1.165, 1.54) is 0 Å². The van der Waals surface area contributed by atoms with E-state index in [4.69, 9.17) is 9.97 Å². The van der Waals surface area contributed by atoms with E-state index in [-0.39, 0.29) is 0 Å². The fourth-order valence-corrected chi connectivity index (χ4v) is 4.14. The molecule has 8 bridgehead atoms. The predicted molar refractivity (Wildman–Crippen MR) is 131 cm³/mol. The number of aromatic amines is 2. The summed E-state index contributed by atoms with van der Waals surface area (Å²) in [7, 11) is 0. The lowest BCUT2D eigenvalue weighted by Crippen LogP contribution is -1.84.